The molecule has 0 aromatic heterocycles. The van der Waals surface area contributed by atoms with Crippen molar-refractivity contribution in [2.24, 2.45) is 5.73 Å². The maximum atomic E-state index is 10.5. The van der Waals surface area contributed by atoms with Gasteiger partial charge in [0.25, 0.3) is 0 Å². The summed E-state index contributed by atoms with van der Waals surface area (Å²) < 4.78 is 0. The third-order valence-corrected chi connectivity index (χ3v) is 2.44. The summed E-state index contributed by atoms with van der Waals surface area (Å²) in [5.41, 5.74) is 8.39. The molecule has 1 aliphatic heterocycles. The number of rotatable bonds is 4. The number of nitrogens with zero attached hydrogens (tertiary/aromatic N) is 1. The molecule has 1 rings (SSSR count). The van der Waals surface area contributed by atoms with E-state index >= 15 is 0 Å². The molecule has 1 heterocycles. The molecule has 0 spiro atoms. The van der Waals surface area contributed by atoms with Crippen LogP contribution in [0.4, 0.5) is 0 Å². The van der Waals surface area contributed by atoms with Crippen LogP contribution < -0.4 is 16.5 Å². The predicted molar refractivity (Wildman–Crippen MR) is 58.3 cm³/mol. The molecule has 1 aliphatic rings. The Hall–Kier alpha value is -1.14. The van der Waals surface area contributed by atoms with Crippen LogP contribution in [-0.2, 0) is 4.79 Å². The van der Waals surface area contributed by atoms with E-state index in [0.717, 1.165) is 32.2 Å². The van der Waals surface area contributed by atoms with Crippen molar-refractivity contribution in [1.29, 1.82) is 5.41 Å². The first-order valence-electron chi connectivity index (χ1n) is 5.20. The highest BCUT2D eigenvalue weighted by Gasteiger charge is 2.23. The number of aldehydes is 1. The number of nitrogens with two attached hydrogens (primary N) is 1. The molecular formula is C9H19N5O. The van der Waals surface area contributed by atoms with E-state index < -0.39 is 0 Å². The average molecular weight is 213 g/mol. The molecule has 0 aliphatic carbocycles. The van der Waals surface area contributed by atoms with Gasteiger partial charge in [0, 0.05) is 6.54 Å². The van der Waals surface area contributed by atoms with Crippen molar-refractivity contribution in [3.8, 4) is 0 Å². The van der Waals surface area contributed by atoms with Gasteiger partial charge in [-0.3, -0.25) is 10.4 Å². The number of carbonyl (C=O) groups is 1. The smallest absolute Gasteiger partial charge is 0.203 e. The van der Waals surface area contributed by atoms with E-state index in [-0.39, 0.29) is 18.0 Å². The molecule has 5 N–H and O–H groups in total. The Morgan fingerprint density at radius 1 is 1.80 bits per heavy atom. The van der Waals surface area contributed by atoms with Crippen LogP contribution in [0.5, 0.6) is 0 Å². The van der Waals surface area contributed by atoms with Crippen LogP contribution in [0.3, 0.4) is 0 Å². The topological polar surface area (TPSA) is 94.2 Å². The van der Waals surface area contributed by atoms with Crippen molar-refractivity contribution in [1.82, 2.24) is 15.8 Å². The van der Waals surface area contributed by atoms with Gasteiger partial charge >= 0.3 is 0 Å². The van der Waals surface area contributed by atoms with Crippen molar-refractivity contribution in [3.63, 3.8) is 0 Å². The molecule has 0 amide bonds. The average Bonchev–Trinajstić information content (AvgIpc) is 2.26. The molecule has 1 fully saturated rings. The zero-order chi connectivity index (χ0) is 11.3. The second kappa shape index (κ2) is 5.67. The molecule has 86 valence electrons. The fraction of sp³-hybridized carbons (Fsp3) is 0.778. The van der Waals surface area contributed by atoms with E-state index in [1.165, 1.54) is 0 Å². The molecule has 0 aromatic carbocycles. The van der Waals surface area contributed by atoms with Gasteiger partial charge in [0.05, 0.1) is 12.1 Å². The Bertz CT molecular complexity index is 227. The van der Waals surface area contributed by atoms with Gasteiger partial charge in [0.1, 0.15) is 6.29 Å². The minimum atomic E-state index is -0.323. The maximum absolute atomic E-state index is 10.5. The van der Waals surface area contributed by atoms with E-state index in [1.807, 2.05) is 0 Å². The molecule has 0 radical (unpaired) electrons. The summed E-state index contributed by atoms with van der Waals surface area (Å²) in [4.78, 5) is 10.5. The third kappa shape index (κ3) is 3.49. The van der Waals surface area contributed by atoms with Gasteiger partial charge in [-0.05, 0) is 26.3 Å². The summed E-state index contributed by atoms with van der Waals surface area (Å²) in [6.45, 7) is 3.53. The number of carbonyl (C=O) groups excluding carboxylic acids is 1. The zero-order valence-electron chi connectivity index (χ0n) is 8.99. The fourth-order valence-corrected chi connectivity index (χ4v) is 1.68. The van der Waals surface area contributed by atoms with Gasteiger partial charge in [-0.25, -0.2) is 5.43 Å². The van der Waals surface area contributed by atoms with Gasteiger partial charge in [-0.1, -0.05) is 0 Å². The molecule has 1 saturated heterocycles. The van der Waals surface area contributed by atoms with Gasteiger partial charge in [0.15, 0.2) is 0 Å². The number of piperidine rings is 1. The van der Waals surface area contributed by atoms with Crippen LogP contribution in [0.1, 0.15) is 19.8 Å². The van der Waals surface area contributed by atoms with Gasteiger partial charge in [-0.15, -0.1) is 0 Å². The second-order valence-electron chi connectivity index (χ2n) is 3.81. The Morgan fingerprint density at radius 2 is 2.53 bits per heavy atom. The van der Waals surface area contributed by atoms with E-state index in [1.54, 1.807) is 11.9 Å². The predicted octanol–water partition coefficient (Wildman–Crippen LogP) is -0.974. The van der Waals surface area contributed by atoms with Gasteiger partial charge in [0.2, 0.25) is 5.96 Å². The normalized spacial score (nSPS) is 23.1. The highest BCUT2D eigenvalue weighted by molar-refractivity contribution is 5.75. The second-order valence-corrected chi connectivity index (χ2v) is 3.81. The highest BCUT2D eigenvalue weighted by atomic mass is 16.1. The number of nitrogens with one attached hydrogen (secondary N) is 3. The van der Waals surface area contributed by atoms with Crippen molar-refractivity contribution in [2.45, 2.75) is 31.8 Å². The zero-order valence-corrected chi connectivity index (χ0v) is 8.99. The lowest BCUT2D eigenvalue weighted by Gasteiger charge is -2.35. The van der Waals surface area contributed by atoms with Crippen LogP contribution in [0, 0.1) is 5.41 Å². The van der Waals surface area contributed by atoms with Crippen LogP contribution >= 0.6 is 0 Å². The van der Waals surface area contributed by atoms with Gasteiger partial charge in [-0.2, -0.15) is 0 Å². The van der Waals surface area contributed by atoms with Crippen molar-refractivity contribution in [2.75, 3.05) is 13.1 Å². The summed E-state index contributed by atoms with van der Waals surface area (Å²) in [5.74, 6) is -0.0441. The monoisotopic (exact) mass is 213 g/mol. The van der Waals surface area contributed by atoms with E-state index in [4.69, 9.17) is 11.1 Å². The van der Waals surface area contributed by atoms with Crippen LogP contribution in [0.2, 0.25) is 0 Å². The van der Waals surface area contributed by atoms with Crippen LogP contribution in [0.15, 0.2) is 0 Å². The number of hydrogen-bond acceptors (Lipinski definition) is 4. The number of hydrazine groups is 1. The molecule has 0 bridgehead atoms. The number of guanidine groups is 1. The first-order valence-corrected chi connectivity index (χ1v) is 5.20. The largest absolute Gasteiger partial charge is 0.369 e. The summed E-state index contributed by atoms with van der Waals surface area (Å²) >= 11 is 0. The molecule has 15 heavy (non-hydrogen) atoms. The first kappa shape index (κ1) is 11.9. The third-order valence-electron chi connectivity index (χ3n) is 2.44. The molecule has 6 nitrogen and oxygen atoms in total. The van der Waals surface area contributed by atoms with E-state index in [9.17, 15) is 4.79 Å². The number of hydrogen-bond donors (Lipinski definition) is 4. The fourth-order valence-electron chi connectivity index (χ4n) is 1.68. The minimum absolute atomic E-state index is 0.0441. The van der Waals surface area contributed by atoms with Gasteiger partial charge < -0.3 is 15.8 Å². The van der Waals surface area contributed by atoms with E-state index in [0.29, 0.717) is 0 Å². The molecule has 1 unspecified atom stereocenters. The molecule has 0 saturated carbocycles. The van der Waals surface area contributed by atoms with E-state index in [2.05, 4.69) is 10.7 Å². The first-order chi connectivity index (χ1) is 7.15. The highest BCUT2D eigenvalue weighted by Crippen LogP contribution is 2.07. The quantitative estimate of drug-likeness (QED) is 0.208. The molecule has 6 heteroatoms. The Morgan fingerprint density at radius 3 is 3.00 bits per heavy atom. The van der Waals surface area contributed by atoms with Crippen LogP contribution in [-0.4, -0.2) is 42.4 Å². The van der Waals surface area contributed by atoms with Crippen molar-refractivity contribution < 1.29 is 4.79 Å². The SMILES string of the molecule is C[C@@H](C=O)NN(C(=N)N)C1CCCNC1. The summed E-state index contributed by atoms with van der Waals surface area (Å²) in [7, 11) is 0. The van der Waals surface area contributed by atoms with Crippen molar-refractivity contribution in [3.05, 3.63) is 0 Å². The summed E-state index contributed by atoms with van der Waals surface area (Å²) in [6, 6.07) is -0.172. The maximum Gasteiger partial charge on any atom is 0.203 e. The van der Waals surface area contributed by atoms with Crippen molar-refractivity contribution >= 4 is 12.2 Å². The Balaban J connectivity index is 2.55. The lowest BCUT2D eigenvalue weighted by molar-refractivity contribution is -0.110. The summed E-state index contributed by atoms with van der Waals surface area (Å²) in [5, 5.41) is 12.3. The standard InChI is InChI=1S/C9H19N5O/c1-7(6-15)13-14(9(10)11)8-3-2-4-12-5-8/h6-8,12-13H,2-5H2,1H3,(H3,10,11)/t7-,8?/m0/s1. The Kier molecular flexibility index (Phi) is 4.51. The minimum Gasteiger partial charge on any atom is -0.369 e. The summed E-state index contributed by atoms with van der Waals surface area (Å²) in [6.07, 6.45) is 2.84. The Labute approximate surface area is 89.7 Å². The molecular weight excluding hydrogens is 194 g/mol. The molecule has 0 aromatic rings. The lowest BCUT2D eigenvalue weighted by Crippen LogP contribution is -2.59. The lowest BCUT2D eigenvalue weighted by atomic mass is 10.1. The molecule has 2 atom stereocenters. The van der Waals surface area contributed by atoms with Crippen LogP contribution in [0.25, 0.3) is 0 Å².